The first-order valence-corrected chi connectivity index (χ1v) is 9.72. The van der Waals surface area contributed by atoms with Gasteiger partial charge in [-0.3, -0.25) is 4.79 Å². The molecule has 3 amide bonds. The van der Waals surface area contributed by atoms with E-state index in [0.29, 0.717) is 13.0 Å². The van der Waals surface area contributed by atoms with Crippen LogP contribution < -0.4 is 16.0 Å². The van der Waals surface area contributed by atoms with E-state index in [-0.39, 0.29) is 42.4 Å². The number of hydrogen-bond acceptors (Lipinski definition) is 2. The van der Waals surface area contributed by atoms with Gasteiger partial charge in [0.05, 0.1) is 0 Å². The van der Waals surface area contributed by atoms with E-state index >= 15 is 0 Å². The van der Waals surface area contributed by atoms with E-state index in [9.17, 15) is 18.4 Å². The van der Waals surface area contributed by atoms with Crippen LogP contribution in [-0.4, -0.2) is 30.6 Å². The molecule has 1 aromatic rings. The molecule has 0 aromatic heterocycles. The zero-order chi connectivity index (χ0) is 19.6. The Bertz CT molecular complexity index is 613. The lowest BCUT2D eigenvalue weighted by molar-refractivity contribution is -0.121. The average molecular weight is 381 g/mol. The van der Waals surface area contributed by atoms with E-state index in [1.165, 1.54) is 24.6 Å². The van der Waals surface area contributed by atoms with Gasteiger partial charge < -0.3 is 16.0 Å². The van der Waals surface area contributed by atoms with Crippen molar-refractivity contribution in [2.24, 2.45) is 0 Å². The molecule has 1 aromatic carbocycles. The van der Waals surface area contributed by atoms with Crippen molar-refractivity contribution >= 4 is 11.9 Å². The maximum absolute atomic E-state index is 13.6. The Hall–Kier alpha value is -2.18. The summed E-state index contributed by atoms with van der Waals surface area (Å²) in [4.78, 5) is 23.8. The van der Waals surface area contributed by atoms with E-state index < -0.39 is 11.6 Å². The number of hydrogen-bond donors (Lipinski definition) is 3. The molecule has 1 saturated carbocycles. The molecular weight excluding hydrogens is 352 g/mol. The van der Waals surface area contributed by atoms with Gasteiger partial charge in [0.1, 0.15) is 11.6 Å². The van der Waals surface area contributed by atoms with Crippen molar-refractivity contribution in [1.29, 1.82) is 0 Å². The average Bonchev–Trinajstić information content (AvgIpc) is 2.63. The molecule has 0 heterocycles. The summed E-state index contributed by atoms with van der Waals surface area (Å²) >= 11 is 0. The van der Waals surface area contributed by atoms with Crippen LogP contribution >= 0.6 is 0 Å². The van der Waals surface area contributed by atoms with Crippen LogP contribution in [0.1, 0.15) is 57.4 Å². The number of carbonyl (C=O) groups is 2. The van der Waals surface area contributed by atoms with Gasteiger partial charge in [0, 0.05) is 30.6 Å². The van der Waals surface area contributed by atoms with Crippen LogP contribution in [0.25, 0.3) is 0 Å². The van der Waals surface area contributed by atoms with E-state index in [4.69, 9.17) is 0 Å². The van der Waals surface area contributed by atoms with Gasteiger partial charge in [-0.05, 0) is 44.7 Å². The molecule has 1 atom stereocenters. The number of nitrogens with one attached hydrogen (secondary N) is 3. The summed E-state index contributed by atoms with van der Waals surface area (Å²) in [5.41, 5.74) is -0.0219. The fourth-order valence-corrected chi connectivity index (χ4v) is 3.37. The third-order valence-electron chi connectivity index (χ3n) is 4.79. The zero-order valence-electron chi connectivity index (χ0n) is 15.8. The molecule has 1 aliphatic rings. The van der Waals surface area contributed by atoms with Crippen molar-refractivity contribution in [1.82, 2.24) is 16.0 Å². The van der Waals surface area contributed by atoms with E-state index in [2.05, 4.69) is 16.0 Å². The van der Waals surface area contributed by atoms with Gasteiger partial charge >= 0.3 is 6.03 Å². The van der Waals surface area contributed by atoms with Gasteiger partial charge in [-0.1, -0.05) is 25.3 Å². The van der Waals surface area contributed by atoms with Crippen molar-refractivity contribution in [2.45, 2.75) is 70.4 Å². The molecule has 0 spiro atoms. The molecule has 7 heteroatoms. The summed E-state index contributed by atoms with van der Waals surface area (Å²) in [6.07, 6.45) is 6.43. The summed E-state index contributed by atoms with van der Waals surface area (Å²) in [5.74, 6) is -1.41. The molecule has 5 nitrogen and oxygen atoms in total. The second-order valence-electron chi connectivity index (χ2n) is 7.21. The summed E-state index contributed by atoms with van der Waals surface area (Å²) in [7, 11) is 0. The largest absolute Gasteiger partial charge is 0.353 e. The number of carbonyl (C=O) groups excluding carboxylic acids is 2. The number of urea groups is 1. The highest BCUT2D eigenvalue weighted by Crippen LogP contribution is 2.17. The third-order valence-corrected chi connectivity index (χ3v) is 4.79. The fraction of sp³-hybridized carbons (Fsp3) is 0.600. The number of rotatable bonds is 8. The Morgan fingerprint density at radius 3 is 2.48 bits per heavy atom. The molecule has 0 unspecified atom stereocenters. The van der Waals surface area contributed by atoms with Crippen molar-refractivity contribution in [3.63, 3.8) is 0 Å². The van der Waals surface area contributed by atoms with Gasteiger partial charge in [-0.15, -0.1) is 0 Å². The van der Waals surface area contributed by atoms with Crippen LogP contribution in [0.15, 0.2) is 18.2 Å². The first-order chi connectivity index (χ1) is 13.0. The molecule has 0 saturated heterocycles. The van der Waals surface area contributed by atoms with Crippen LogP contribution in [0.2, 0.25) is 0 Å². The topological polar surface area (TPSA) is 70.2 Å². The molecule has 2 rings (SSSR count). The van der Waals surface area contributed by atoms with E-state index in [0.717, 1.165) is 25.7 Å². The van der Waals surface area contributed by atoms with Crippen molar-refractivity contribution in [2.75, 3.05) is 6.54 Å². The molecule has 1 fully saturated rings. The maximum Gasteiger partial charge on any atom is 0.315 e. The Kier molecular flexibility index (Phi) is 8.48. The van der Waals surface area contributed by atoms with Crippen LogP contribution in [0.4, 0.5) is 13.6 Å². The van der Waals surface area contributed by atoms with Crippen LogP contribution in [0.5, 0.6) is 0 Å². The van der Waals surface area contributed by atoms with Gasteiger partial charge in [-0.25, -0.2) is 13.6 Å². The molecule has 0 aliphatic heterocycles. The summed E-state index contributed by atoms with van der Waals surface area (Å²) in [6.45, 7) is 2.11. The molecule has 3 N–H and O–H groups in total. The lowest BCUT2D eigenvalue weighted by Crippen LogP contribution is -2.43. The van der Waals surface area contributed by atoms with Gasteiger partial charge in [0.2, 0.25) is 5.91 Å². The minimum absolute atomic E-state index is 0.0219. The lowest BCUT2D eigenvalue weighted by atomic mass is 9.96. The van der Waals surface area contributed by atoms with Crippen LogP contribution in [0, 0.1) is 11.6 Å². The first kappa shape index (κ1) is 21.1. The highest BCUT2D eigenvalue weighted by atomic mass is 19.1. The molecule has 150 valence electrons. The van der Waals surface area contributed by atoms with Crippen molar-refractivity contribution in [3.8, 4) is 0 Å². The SMILES string of the molecule is C[C@H](Cc1c(F)cccc1F)NC(=O)CCCNC(=O)NC1CCCCC1. The standard InChI is InChI=1S/C20H29F2N3O2/c1-14(13-16-17(21)9-5-10-18(16)22)24-19(26)11-6-12-23-20(27)25-15-7-3-2-4-8-15/h5,9-10,14-15H,2-4,6-8,11-13H2,1H3,(H,24,26)(H2,23,25,27)/t14-/m1/s1. The quantitative estimate of drug-likeness (QED) is 0.604. The second-order valence-corrected chi connectivity index (χ2v) is 7.21. The zero-order valence-corrected chi connectivity index (χ0v) is 15.8. The number of amides is 3. The second kappa shape index (κ2) is 10.8. The molecule has 0 bridgehead atoms. The molecular formula is C20H29F2N3O2. The summed E-state index contributed by atoms with van der Waals surface area (Å²) in [6, 6.07) is 3.40. The Morgan fingerprint density at radius 1 is 1.15 bits per heavy atom. The maximum atomic E-state index is 13.6. The predicted octanol–water partition coefficient (Wildman–Crippen LogP) is 3.42. The number of benzene rings is 1. The normalized spacial score (nSPS) is 15.8. The van der Waals surface area contributed by atoms with E-state index in [1.807, 2.05) is 0 Å². The minimum Gasteiger partial charge on any atom is -0.353 e. The Morgan fingerprint density at radius 2 is 1.81 bits per heavy atom. The Labute approximate surface area is 159 Å². The highest BCUT2D eigenvalue weighted by molar-refractivity contribution is 5.76. The predicted molar refractivity (Wildman–Crippen MR) is 100 cm³/mol. The third kappa shape index (κ3) is 7.53. The summed E-state index contributed by atoms with van der Waals surface area (Å²) < 4.78 is 27.3. The molecule has 1 aliphatic carbocycles. The van der Waals surface area contributed by atoms with Crippen LogP contribution in [-0.2, 0) is 11.2 Å². The Balaban J connectivity index is 1.60. The fourth-order valence-electron chi connectivity index (χ4n) is 3.37. The molecule has 0 radical (unpaired) electrons. The van der Waals surface area contributed by atoms with Crippen molar-refractivity contribution in [3.05, 3.63) is 35.4 Å². The summed E-state index contributed by atoms with van der Waals surface area (Å²) in [5, 5.41) is 8.46. The van der Waals surface area contributed by atoms with Gasteiger partial charge in [-0.2, -0.15) is 0 Å². The van der Waals surface area contributed by atoms with E-state index in [1.54, 1.807) is 6.92 Å². The van der Waals surface area contributed by atoms with Crippen molar-refractivity contribution < 1.29 is 18.4 Å². The highest BCUT2D eigenvalue weighted by Gasteiger charge is 2.16. The lowest BCUT2D eigenvalue weighted by Gasteiger charge is -2.22. The number of halogens is 2. The molecule has 27 heavy (non-hydrogen) atoms. The van der Waals surface area contributed by atoms with Gasteiger partial charge in [0.25, 0.3) is 0 Å². The van der Waals surface area contributed by atoms with Gasteiger partial charge in [0.15, 0.2) is 0 Å². The smallest absolute Gasteiger partial charge is 0.315 e. The van der Waals surface area contributed by atoms with Crippen LogP contribution in [0.3, 0.4) is 0 Å². The monoisotopic (exact) mass is 381 g/mol. The first-order valence-electron chi connectivity index (χ1n) is 9.72. The minimum atomic E-state index is -0.607.